The lowest BCUT2D eigenvalue weighted by molar-refractivity contribution is 0.531. The molecular formula is C28H54BP. The third kappa shape index (κ3) is 19.7. The molecule has 0 fully saturated rings. The Morgan fingerprint density at radius 2 is 1.23 bits per heavy atom. The van der Waals surface area contributed by atoms with Crippen LogP contribution in [0.5, 0.6) is 0 Å². The number of terminal acetylenes is 1. The van der Waals surface area contributed by atoms with Gasteiger partial charge in [0.05, 0.1) is 0 Å². The molecule has 0 aliphatic rings. The summed E-state index contributed by atoms with van der Waals surface area (Å²) in [7, 11) is -0.163. The van der Waals surface area contributed by atoms with Crippen LogP contribution in [0.15, 0.2) is 12.2 Å². The fourth-order valence-corrected chi connectivity index (χ4v) is 5.90. The Kier molecular flexibility index (Phi) is 23.3. The highest BCUT2D eigenvalue weighted by Crippen LogP contribution is 2.38. The zero-order valence-electron chi connectivity index (χ0n) is 21.2. The third-order valence-electron chi connectivity index (χ3n) is 6.66. The highest BCUT2D eigenvalue weighted by atomic mass is 31.1. The Bertz CT molecular complexity index is 411. The van der Waals surface area contributed by atoms with Crippen LogP contribution in [0.3, 0.4) is 0 Å². The lowest BCUT2D eigenvalue weighted by atomic mass is 9.79. The number of allylic oxidation sites excluding steroid dienone is 1. The molecule has 0 amide bonds. The average molecular weight is 433 g/mol. The van der Waals surface area contributed by atoms with Gasteiger partial charge in [-0.2, -0.15) is 0 Å². The summed E-state index contributed by atoms with van der Waals surface area (Å²) >= 11 is 0. The topological polar surface area (TPSA) is 0 Å². The van der Waals surface area contributed by atoms with Crippen molar-refractivity contribution < 1.29 is 0 Å². The molecule has 0 saturated carbocycles. The van der Waals surface area contributed by atoms with Gasteiger partial charge >= 0.3 is 0 Å². The summed E-state index contributed by atoms with van der Waals surface area (Å²) in [5, 5.41) is 0. The number of hydrogen-bond acceptors (Lipinski definition) is 0. The summed E-state index contributed by atoms with van der Waals surface area (Å²) < 4.78 is 0. The van der Waals surface area contributed by atoms with Crippen LogP contribution in [-0.2, 0) is 0 Å². The Balaban J connectivity index is 3.41. The maximum absolute atomic E-state index is 5.67. The maximum Gasteiger partial charge on any atom is 0.171 e. The summed E-state index contributed by atoms with van der Waals surface area (Å²) in [6, 6.07) is 0. The van der Waals surface area contributed by atoms with E-state index in [9.17, 15) is 0 Å². The predicted octanol–water partition coefficient (Wildman–Crippen LogP) is 10.2. The molecule has 0 nitrogen and oxygen atoms in total. The zero-order valence-corrected chi connectivity index (χ0v) is 22.1. The first-order chi connectivity index (χ1) is 14.7. The van der Waals surface area contributed by atoms with Gasteiger partial charge in [-0.25, -0.2) is 0 Å². The minimum atomic E-state index is -0.163. The Hall–Kier alpha value is -0.205. The summed E-state index contributed by atoms with van der Waals surface area (Å²) in [6.45, 7) is 12.5. The minimum Gasteiger partial charge on any atom is -0.116 e. The van der Waals surface area contributed by atoms with Gasteiger partial charge in [0.25, 0.3) is 0 Å². The fraction of sp³-hybridized carbons (Fsp3) is 0.857. The van der Waals surface area contributed by atoms with Crippen molar-refractivity contribution in [2.75, 3.05) is 6.16 Å². The van der Waals surface area contributed by atoms with E-state index in [2.05, 4.69) is 33.0 Å². The second-order valence-corrected chi connectivity index (χ2v) is 11.8. The lowest BCUT2D eigenvalue weighted by Crippen LogP contribution is -2.03. The standard InChI is InChI=1S/C28H54BP/c1-6-10-11-12-13-14-15-16-17-18-19-20-21-22-23-24-27(5)25-26-28(7-2)29-30(8-3)9-4/h3,28-29H,5-7,9-26H2,1-2,4H3. The van der Waals surface area contributed by atoms with E-state index in [0.29, 0.717) is 0 Å². The van der Waals surface area contributed by atoms with Crippen molar-refractivity contribution in [1.29, 1.82) is 0 Å². The Labute approximate surface area is 193 Å². The second-order valence-electron chi connectivity index (χ2n) is 9.43. The molecule has 0 radical (unpaired) electrons. The Morgan fingerprint density at radius 3 is 1.63 bits per heavy atom. The predicted molar refractivity (Wildman–Crippen MR) is 145 cm³/mol. The SMILES string of the molecule is C#CP(BC(CC)CCC(=C)CCCCCCCCCCCCCCCCC)CC. The molecule has 0 rings (SSSR count). The van der Waals surface area contributed by atoms with Gasteiger partial charge in [0, 0.05) is 0 Å². The molecule has 2 heteroatoms. The van der Waals surface area contributed by atoms with Crippen molar-refractivity contribution >= 4 is 14.8 Å². The molecule has 174 valence electrons. The molecule has 30 heavy (non-hydrogen) atoms. The molecule has 0 saturated heterocycles. The van der Waals surface area contributed by atoms with Gasteiger partial charge in [-0.15, -0.1) is 6.42 Å². The van der Waals surface area contributed by atoms with E-state index in [0.717, 1.165) is 5.82 Å². The van der Waals surface area contributed by atoms with Crippen molar-refractivity contribution in [3.63, 3.8) is 0 Å². The van der Waals surface area contributed by atoms with Gasteiger partial charge in [-0.3, -0.25) is 0 Å². The van der Waals surface area contributed by atoms with Gasteiger partial charge in [-0.05, 0) is 25.4 Å². The molecule has 0 aliphatic heterocycles. The molecule has 0 aliphatic carbocycles. The quantitative estimate of drug-likeness (QED) is 0.0495. The number of rotatable bonds is 23. The monoisotopic (exact) mass is 432 g/mol. The van der Waals surface area contributed by atoms with Crippen LogP contribution in [-0.4, -0.2) is 13.2 Å². The normalized spacial score (nSPS) is 13.0. The van der Waals surface area contributed by atoms with Crippen LogP contribution >= 0.6 is 7.80 Å². The van der Waals surface area contributed by atoms with Gasteiger partial charge in [0.2, 0.25) is 0 Å². The van der Waals surface area contributed by atoms with Gasteiger partial charge in [0.15, 0.2) is 7.00 Å². The van der Waals surface area contributed by atoms with Crippen molar-refractivity contribution in [3.8, 4) is 12.1 Å². The van der Waals surface area contributed by atoms with E-state index in [1.807, 2.05) is 0 Å². The summed E-state index contributed by atoms with van der Waals surface area (Å²) in [5.74, 6) is 0.810. The first-order valence-corrected chi connectivity index (χ1v) is 15.3. The van der Waals surface area contributed by atoms with E-state index in [4.69, 9.17) is 6.42 Å². The molecular weight excluding hydrogens is 378 g/mol. The van der Waals surface area contributed by atoms with Gasteiger partial charge < -0.3 is 0 Å². The minimum absolute atomic E-state index is 0.163. The molecule has 0 spiro atoms. The van der Waals surface area contributed by atoms with E-state index in [-0.39, 0.29) is 7.80 Å². The first-order valence-electron chi connectivity index (χ1n) is 13.6. The third-order valence-corrected chi connectivity index (χ3v) is 8.75. The smallest absolute Gasteiger partial charge is 0.116 e. The molecule has 0 heterocycles. The average Bonchev–Trinajstić information content (AvgIpc) is 2.76. The summed E-state index contributed by atoms with van der Waals surface area (Å²) in [4.78, 5) is 0. The highest BCUT2D eigenvalue weighted by Gasteiger charge is 2.14. The zero-order chi connectivity index (χ0) is 22.3. The second kappa shape index (κ2) is 23.5. The van der Waals surface area contributed by atoms with Crippen LogP contribution in [0.1, 0.15) is 143 Å². The maximum atomic E-state index is 5.67. The molecule has 0 aromatic carbocycles. The van der Waals surface area contributed by atoms with E-state index < -0.39 is 0 Å². The molecule has 0 bridgehead atoms. The van der Waals surface area contributed by atoms with Crippen molar-refractivity contribution in [2.24, 2.45) is 0 Å². The molecule has 0 N–H and O–H groups in total. The van der Waals surface area contributed by atoms with Crippen molar-refractivity contribution in [1.82, 2.24) is 0 Å². The lowest BCUT2D eigenvalue weighted by Gasteiger charge is -2.17. The van der Waals surface area contributed by atoms with Gasteiger partial charge in [-0.1, -0.05) is 155 Å². The largest absolute Gasteiger partial charge is 0.171 e. The Morgan fingerprint density at radius 1 is 0.767 bits per heavy atom. The highest BCUT2D eigenvalue weighted by molar-refractivity contribution is 7.90. The van der Waals surface area contributed by atoms with Crippen LogP contribution in [0.2, 0.25) is 5.82 Å². The number of hydrogen-bond donors (Lipinski definition) is 0. The first kappa shape index (κ1) is 29.8. The van der Waals surface area contributed by atoms with Gasteiger partial charge in [0.1, 0.15) is 0 Å². The van der Waals surface area contributed by atoms with Crippen LogP contribution < -0.4 is 0 Å². The van der Waals surface area contributed by atoms with Crippen molar-refractivity contribution in [2.45, 2.75) is 149 Å². The van der Waals surface area contributed by atoms with Crippen LogP contribution in [0.4, 0.5) is 0 Å². The van der Waals surface area contributed by atoms with Crippen molar-refractivity contribution in [3.05, 3.63) is 12.2 Å². The molecule has 0 aromatic rings. The summed E-state index contributed by atoms with van der Waals surface area (Å²) in [6.07, 6.45) is 33.4. The molecule has 2 unspecified atom stereocenters. The van der Waals surface area contributed by atoms with E-state index in [1.165, 1.54) is 141 Å². The van der Waals surface area contributed by atoms with E-state index >= 15 is 0 Å². The molecule has 2 atom stereocenters. The summed E-state index contributed by atoms with van der Waals surface area (Å²) in [5.41, 5.74) is 4.51. The molecule has 0 aromatic heterocycles. The van der Waals surface area contributed by atoms with Crippen LogP contribution in [0.25, 0.3) is 0 Å². The van der Waals surface area contributed by atoms with Crippen LogP contribution in [0, 0.1) is 12.1 Å². The fourth-order valence-electron chi connectivity index (χ4n) is 4.29. The van der Waals surface area contributed by atoms with E-state index in [1.54, 1.807) is 0 Å². The number of unbranched alkanes of at least 4 members (excludes halogenated alkanes) is 14.